The fourth-order valence-corrected chi connectivity index (χ4v) is 3.42. The van der Waals surface area contributed by atoms with Gasteiger partial charge in [-0.15, -0.1) is 0 Å². The third kappa shape index (κ3) is 5.12. The average molecular weight is 371 g/mol. The van der Waals surface area contributed by atoms with Crippen molar-refractivity contribution in [3.05, 3.63) is 33.8 Å². The van der Waals surface area contributed by atoms with Gasteiger partial charge in [0, 0.05) is 41.5 Å². The maximum atomic E-state index is 12.3. The summed E-state index contributed by atoms with van der Waals surface area (Å²) in [6.45, 7) is 5.69. The molecule has 2 rings (SSSR count). The van der Waals surface area contributed by atoms with Crippen molar-refractivity contribution in [2.24, 2.45) is 11.8 Å². The standard InChI is InChI=1S/C18H24Cl2N2O2/c1-12(2)18(24)22-9-6-14(7-10-22)17(23)21-8-5-13-3-4-15(19)11-16(13)20/h3-4,11-12,14H,5-10H2,1-2H3,(H,21,23). The number of rotatable bonds is 5. The molecule has 1 saturated heterocycles. The summed E-state index contributed by atoms with van der Waals surface area (Å²) in [6.07, 6.45) is 2.13. The molecular formula is C18H24Cl2N2O2. The molecule has 0 aliphatic carbocycles. The van der Waals surface area contributed by atoms with Crippen molar-refractivity contribution in [1.29, 1.82) is 0 Å². The molecule has 1 heterocycles. The van der Waals surface area contributed by atoms with Crippen LogP contribution < -0.4 is 5.32 Å². The zero-order valence-corrected chi connectivity index (χ0v) is 15.7. The fraction of sp³-hybridized carbons (Fsp3) is 0.556. The van der Waals surface area contributed by atoms with Gasteiger partial charge in [0.1, 0.15) is 0 Å². The van der Waals surface area contributed by atoms with E-state index in [4.69, 9.17) is 23.2 Å². The SMILES string of the molecule is CC(C)C(=O)N1CCC(C(=O)NCCc2ccc(Cl)cc2Cl)CC1. The van der Waals surface area contributed by atoms with Crippen molar-refractivity contribution < 1.29 is 9.59 Å². The molecule has 0 unspecified atom stereocenters. The highest BCUT2D eigenvalue weighted by molar-refractivity contribution is 6.35. The van der Waals surface area contributed by atoms with E-state index in [9.17, 15) is 9.59 Å². The Hall–Kier alpha value is -1.26. The van der Waals surface area contributed by atoms with Gasteiger partial charge in [0.05, 0.1) is 0 Å². The zero-order chi connectivity index (χ0) is 17.7. The Labute approximate surface area is 153 Å². The predicted molar refractivity (Wildman–Crippen MR) is 97.3 cm³/mol. The summed E-state index contributed by atoms with van der Waals surface area (Å²) in [5.41, 5.74) is 0.971. The molecule has 1 aromatic rings. The third-order valence-electron chi connectivity index (χ3n) is 4.38. The second-order valence-corrected chi connectivity index (χ2v) is 7.37. The van der Waals surface area contributed by atoms with Gasteiger partial charge in [-0.1, -0.05) is 43.1 Å². The summed E-state index contributed by atoms with van der Waals surface area (Å²) < 4.78 is 0. The summed E-state index contributed by atoms with van der Waals surface area (Å²) in [4.78, 5) is 26.1. The van der Waals surface area contributed by atoms with Crippen LogP contribution in [-0.4, -0.2) is 36.3 Å². The van der Waals surface area contributed by atoms with Gasteiger partial charge in [0.25, 0.3) is 0 Å². The number of likely N-dealkylation sites (tertiary alicyclic amines) is 1. The quantitative estimate of drug-likeness (QED) is 0.861. The molecule has 1 aromatic carbocycles. The summed E-state index contributed by atoms with van der Waals surface area (Å²) in [6, 6.07) is 5.39. The maximum absolute atomic E-state index is 12.3. The number of nitrogens with one attached hydrogen (secondary N) is 1. The van der Waals surface area contributed by atoms with Crippen molar-refractivity contribution in [3.63, 3.8) is 0 Å². The van der Waals surface area contributed by atoms with Crippen LogP contribution in [0.2, 0.25) is 10.0 Å². The van der Waals surface area contributed by atoms with E-state index in [1.807, 2.05) is 24.8 Å². The van der Waals surface area contributed by atoms with Crippen molar-refractivity contribution in [2.45, 2.75) is 33.1 Å². The highest BCUT2D eigenvalue weighted by atomic mass is 35.5. The van der Waals surface area contributed by atoms with E-state index >= 15 is 0 Å². The summed E-state index contributed by atoms with van der Waals surface area (Å²) in [5, 5.41) is 4.20. The zero-order valence-electron chi connectivity index (χ0n) is 14.1. The molecule has 0 atom stereocenters. The minimum Gasteiger partial charge on any atom is -0.356 e. The van der Waals surface area contributed by atoms with Crippen LogP contribution in [0.15, 0.2) is 18.2 Å². The third-order valence-corrected chi connectivity index (χ3v) is 4.97. The lowest BCUT2D eigenvalue weighted by atomic mass is 9.95. The van der Waals surface area contributed by atoms with Gasteiger partial charge >= 0.3 is 0 Å². The number of benzene rings is 1. The Balaban J connectivity index is 1.75. The van der Waals surface area contributed by atoms with Gasteiger partial charge in [-0.3, -0.25) is 9.59 Å². The topological polar surface area (TPSA) is 49.4 Å². The first kappa shape index (κ1) is 19.1. The predicted octanol–water partition coefficient (Wildman–Crippen LogP) is 3.55. The molecule has 0 radical (unpaired) electrons. The van der Waals surface area contributed by atoms with Crippen LogP contribution in [0.4, 0.5) is 0 Å². The first-order chi connectivity index (χ1) is 11.4. The monoisotopic (exact) mass is 370 g/mol. The van der Waals surface area contributed by atoms with Crippen molar-refractivity contribution in [2.75, 3.05) is 19.6 Å². The van der Waals surface area contributed by atoms with Crippen LogP contribution in [0.25, 0.3) is 0 Å². The molecule has 132 valence electrons. The van der Waals surface area contributed by atoms with E-state index in [-0.39, 0.29) is 23.7 Å². The van der Waals surface area contributed by atoms with Crippen LogP contribution in [0, 0.1) is 11.8 Å². The van der Waals surface area contributed by atoms with Crippen LogP contribution in [0.3, 0.4) is 0 Å². The number of nitrogens with zero attached hydrogens (tertiary/aromatic N) is 1. The van der Waals surface area contributed by atoms with Crippen LogP contribution in [0.1, 0.15) is 32.3 Å². The molecule has 0 spiro atoms. The number of hydrogen-bond acceptors (Lipinski definition) is 2. The van der Waals surface area contributed by atoms with Crippen LogP contribution in [0.5, 0.6) is 0 Å². The van der Waals surface area contributed by atoms with Crippen molar-refractivity contribution >= 4 is 35.0 Å². The molecule has 1 aliphatic heterocycles. The molecule has 0 saturated carbocycles. The van der Waals surface area contributed by atoms with E-state index in [2.05, 4.69) is 5.32 Å². The molecular weight excluding hydrogens is 347 g/mol. The molecule has 1 N–H and O–H groups in total. The second-order valence-electron chi connectivity index (χ2n) is 6.53. The number of carbonyl (C=O) groups is 2. The molecule has 6 heteroatoms. The number of piperidine rings is 1. The van der Waals surface area contributed by atoms with E-state index in [0.29, 0.717) is 36.1 Å². The van der Waals surface area contributed by atoms with Gasteiger partial charge in [-0.05, 0) is 37.0 Å². The van der Waals surface area contributed by atoms with Gasteiger partial charge < -0.3 is 10.2 Å². The lowest BCUT2D eigenvalue weighted by molar-refractivity contribution is -0.138. The van der Waals surface area contributed by atoms with Gasteiger partial charge in [0.15, 0.2) is 0 Å². The summed E-state index contributed by atoms with van der Waals surface area (Å²) in [7, 11) is 0. The highest BCUT2D eigenvalue weighted by Crippen LogP contribution is 2.22. The first-order valence-electron chi connectivity index (χ1n) is 8.39. The number of carbonyl (C=O) groups excluding carboxylic acids is 2. The highest BCUT2D eigenvalue weighted by Gasteiger charge is 2.27. The molecule has 0 bridgehead atoms. The lowest BCUT2D eigenvalue weighted by Crippen LogP contribution is -2.44. The minimum absolute atomic E-state index is 0.0121. The Morgan fingerprint density at radius 1 is 1.25 bits per heavy atom. The van der Waals surface area contributed by atoms with Gasteiger partial charge in [-0.25, -0.2) is 0 Å². The molecule has 1 aliphatic rings. The minimum atomic E-state index is -0.0121. The molecule has 4 nitrogen and oxygen atoms in total. The van der Waals surface area contributed by atoms with Crippen molar-refractivity contribution in [1.82, 2.24) is 10.2 Å². The number of hydrogen-bond donors (Lipinski definition) is 1. The van der Waals surface area contributed by atoms with Crippen molar-refractivity contribution in [3.8, 4) is 0 Å². The number of halogens is 2. The van der Waals surface area contributed by atoms with Crippen LogP contribution >= 0.6 is 23.2 Å². The second kappa shape index (κ2) is 8.72. The molecule has 0 aromatic heterocycles. The van der Waals surface area contributed by atoms with Crippen LogP contribution in [-0.2, 0) is 16.0 Å². The molecule has 1 fully saturated rings. The van der Waals surface area contributed by atoms with E-state index in [1.54, 1.807) is 12.1 Å². The maximum Gasteiger partial charge on any atom is 0.225 e. The van der Waals surface area contributed by atoms with E-state index < -0.39 is 0 Å². The molecule has 24 heavy (non-hydrogen) atoms. The Morgan fingerprint density at radius 3 is 2.50 bits per heavy atom. The van der Waals surface area contributed by atoms with E-state index in [1.165, 1.54) is 0 Å². The largest absolute Gasteiger partial charge is 0.356 e. The summed E-state index contributed by atoms with van der Waals surface area (Å²) >= 11 is 12.0. The first-order valence-corrected chi connectivity index (χ1v) is 9.14. The summed E-state index contributed by atoms with van der Waals surface area (Å²) in [5.74, 6) is 0.240. The molecule has 2 amide bonds. The lowest BCUT2D eigenvalue weighted by Gasteiger charge is -2.32. The Kier molecular flexibility index (Phi) is 6.93. The normalized spacial score (nSPS) is 15.6. The van der Waals surface area contributed by atoms with Gasteiger partial charge in [-0.2, -0.15) is 0 Å². The Morgan fingerprint density at radius 2 is 1.92 bits per heavy atom. The average Bonchev–Trinajstić information content (AvgIpc) is 2.56. The number of amides is 2. The fourth-order valence-electron chi connectivity index (χ4n) is 2.92. The van der Waals surface area contributed by atoms with E-state index in [0.717, 1.165) is 18.4 Å². The Bertz CT molecular complexity index is 597. The smallest absolute Gasteiger partial charge is 0.225 e. The van der Waals surface area contributed by atoms with Gasteiger partial charge in [0.2, 0.25) is 11.8 Å².